The summed E-state index contributed by atoms with van der Waals surface area (Å²) in [5, 5.41) is 7.34. The number of piperidine rings is 1. The number of anilines is 2. The number of imidazole rings is 1. The highest BCUT2D eigenvalue weighted by molar-refractivity contribution is 5.97. The Morgan fingerprint density at radius 2 is 1.76 bits per heavy atom. The normalized spacial score (nSPS) is 13.6. The number of likely N-dealkylation sites (tertiary alicyclic amines) is 1. The van der Waals surface area contributed by atoms with E-state index in [1.165, 1.54) is 5.01 Å². The first kappa shape index (κ1) is 31.4. The maximum atomic E-state index is 13.0. The lowest BCUT2D eigenvalue weighted by atomic mass is 10.0. The average Bonchev–Trinajstić information content (AvgIpc) is 3.59. The van der Waals surface area contributed by atoms with E-state index in [0.717, 1.165) is 30.0 Å². The number of carbonyl (C=O) groups excluding carboxylic acids is 3. The molecule has 0 bridgehead atoms. The maximum absolute atomic E-state index is 13.0. The van der Waals surface area contributed by atoms with Gasteiger partial charge < -0.3 is 19.9 Å². The molecule has 0 unspecified atom stereocenters. The number of rotatable bonds is 12. The molecule has 11 heteroatoms. The summed E-state index contributed by atoms with van der Waals surface area (Å²) in [5.74, 6) is 0.405. The fourth-order valence-corrected chi connectivity index (χ4v) is 5.26. The minimum atomic E-state index is -0.465. The van der Waals surface area contributed by atoms with Gasteiger partial charge in [-0.3, -0.25) is 19.9 Å². The predicted octanol–water partition coefficient (Wildman–Crippen LogP) is 5.29. The molecule has 1 fully saturated rings. The number of aromatic nitrogens is 2. The van der Waals surface area contributed by atoms with Gasteiger partial charge in [0.25, 0.3) is 5.91 Å². The van der Waals surface area contributed by atoms with Crippen LogP contribution in [-0.4, -0.2) is 70.1 Å². The third kappa shape index (κ3) is 9.01. The molecule has 45 heavy (non-hydrogen) atoms. The second-order valence-electron chi connectivity index (χ2n) is 10.8. The summed E-state index contributed by atoms with van der Waals surface area (Å²) in [6, 6.07) is 24.5. The van der Waals surface area contributed by atoms with Crippen molar-refractivity contribution in [2.45, 2.75) is 38.8 Å². The molecule has 0 aliphatic carbocycles. The van der Waals surface area contributed by atoms with Crippen molar-refractivity contribution in [2.75, 3.05) is 36.8 Å². The standard InChI is InChI=1S/C34H39N7O4/c1-2-41(37-24-31-35-18-19-36-31)33(43)26-11-8-12-27(23-26)38-32(42)17-22-40-20-15-28(16-21-40)45-34(44)39-30-14-7-6-13-29(30)25-9-4-3-5-10-25/h3-14,18-19,23,28,37H,2,15-17,20-22,24H2,1H3,(H,35,36)(H,38,42)(H,39,44). The molecule has 4 N–H and O–H groups in total. The third-order valence-corrected chi connectivity index (χ3v) is 7.66. The molecule has 0 atom stereocenters. The SMILES string of the molecule is CCN(NCc1ncc[nH]1)C(=O)c1cccc(NC(=O)CCN2CCC(OC(=O)Nc3ccccc3-c3ccccc3)CC2)c1. The minimum Gasteiger partial charge on any atom is -0.446 e. The summed E-state index contributed by atoms with van der Waals surface area (Å²) in [6.07, 6.45) is 4.44. The highest BCUT2D eigenvalue weighted by Crippen LogP contribution is 2.28. The van der Waals surface area contributed by atoms with Crippen molar-refractivity contribution in [2.24, 2.45) is 0 Å². The molecule has 234 valence electrons. The third-order valence-electron chi connectivity index (χ3n) is 7.66. The highest BCUT2D eigenvalue weighted by atomic mass is 16.6. The van der Waals surface area contributed by atoms with Crippen molar-refractivity contribution >= 4 is 29.3 Å². The van der Waals surface area contributed by atoms with Gasteiger partial charge in [-0.15, -0.1) is 0 Å². The summed E-state index contributed by atoms with van der Waals surface area (Å²) < 4.78 is 5.73. The van der Waals surface area contributed by atoms with Crippen LogP contribution in [0.5, 0.6) is 0 Å². The van der Waals surface area contributed by atoms with Gasteiger partial charge in [-0.2, -0.15) is 0 Å². The van der Waals surface area contributed by atoms with E-state index < -0.39 is 6.09 Å². The number of aromatic amines is 1. The summed E-state index contributed by atoms with van der Waals surface area (Å²) >= 11 is 0. The van der Waals surface area contributed by atoms with E-state index in [0.29, 0.717) is 55.8 Å². The molecular formula is C34H39N7O4. The summed E-state index contributed by atoms with van der Waals surface area (Å²) in [6.45, 7) is 4.79. The zero-order chi connectivity index (χ0) is 31.4. The van der Waals surface area contributed by atoms with Crippen molar-refractivity contribution in [1.82, 2.24) is 25.3 Å². The Morgan fingerprint density at radius 3 is 2.51 bits per heavy atom. The van der Waals surface area contributed by atoms with E-state index in [1.807, 2.05) is 61.5 Å². The Kier molecular flexibility index (Phi) is 10.9. The molecule has 1 saturated heterocycles. The second kappa shape index (κ2) is 15.6. The van der Waals surface area contributed by atoms with Gasteiger partial charge in [0.05, 0.1) is 12.2 Å². The first-order valence-corrected chi connectivity index (χ1v) is 15.3. The number of hydrogen-bond acceptors (Lipinski definition) is 7. The molecule has 3 aromatic carbocycles. The number of benzene rings is 3. The van der Waals surface area contributed by atoms with Crippen molar-refractivity contribution in [3.63, 3.8) is 0 Å². The summed E-state index contributed by atoms with van der Waals surface area (Å²) in [4.78, 5) is 47.9. The zero-order valence-corrected chi connectivity index (χ0v) is 25.4. The molecule has 4 aromatic rings. The van der Waals surface area contributed by atoms with Crippen molar-refractivity contribution in [3.05, 3.63) is 103 Å². The Balaban J connectivity index is 1.03. The van der Waals surface area contributed by atoms with Crippen LogP contribution in [-0.2, 0) is 16.1 Å². The number of carbonyl (C=O) groups is 3. The highest BCUT2D eigenvalue weighted by Gasteiger charge is 2.23. The number of amides is 3. The van der Waals surface area contributed by atoms with E-state index in [2.05, 4.69) is 30.9 Å². The molecule has 2 heterocycles. The van der Waals surface area contributed by atoms with Gasteiger partial charge >= 0.3 is 6.09 Å². The van der Waals surface area contributed by atoms with Crippen molar-refractivity contribution < 1.29 is 19.1 Å². The van der Waals surface area contributed by atoms with Gasteiger partial charge in [-0.05, 0) is 49.6 Å². The molecule has 1 aromatic heterocycles. The predicted molar refractivity (Wildman–Crippen MR) is 173 cm³/mol. The maximum Gasteiger partial charge on any atom is 0.411 e. The van der Waals surface area contributed by atoms with Crippen molar-refractivity contribution in [3.8, 4) is 11.1 Å². The summed E-state index contributed by atoms with van der Waals surface area (Å²) in [7, 11) is 0. The van der Waals surface area contributed by atoms with Crippen LogP contribution >= 0.6 is 0 Å². The van der Waals surface area contributed by atoms with Crippen LogP contribution < -0.4 is 16.1 Å². The fraction of sp³-hybridized carbons (Fsp3) is 0.294. The Labute approximate surface area is 263 Å². The van der Waals surface area contributed by atoms with Gasteiger partial charge in [0.1, 0.15) is 11.9 Å². The molecular weight excluding hydrogens is 570 g/mol. The minimum absolute atomic E-state index is 0.127. The molecule has 3 amide bonds. The largest absolute Gasteiger partial charge is 0.446 e. The molecule has 0 saturated carbocycles. The van der Waals surface area contributed by atoms with Gasteiger partial charge in [0, 0.05) is 61.8 Å². The van der Waals surface area contributed by atoms with Crippen LogP contribution in [0.25, 0.3) is 11.1 Å². The smallest absolute Gasteiger partial charge is 0.411 e. The van der Waals surface area contributed by atoms with Crippen molar-refractivity contribution in [1.29, 1.82) is 0 Å². The second-order valence-corrected chi connectivity index (χ2v) is 10.8. The Morgan fingerprint density at radius 1 is 0.978 bits per heavy atom. The first-order chi connectivity index (χ1) is 22.0. The topological polar surface area (TPSA) is 132 Å². The lowest BCUT2D eigenvalue weighted by molar-refractivity contribution is -0.116. The number of nitrogens with zero attached hydrogens (tertiary/aromatic N) is 3. The number of nitrogens with one attached hydrogen (secondary N) is 4. The molecule has 1 aliphatic heterocycles. The fourth-order valence-electron chi connectivity index (χ4n) is 5.26. The van der Waals surface area contributed by atoms with E-state index in [4.69, 9.17) is 4.74 Å². The molecule has 0 spiro atoms. The number of H-pyrrole nitrogens is 1. The number of hydrogen-bond donors (Lipinski definition) is 4. The van der Waals surface area contributed by atoms with E-state index in [9.17, 15) is 14.4 Å². The lowest BCUT2D eigenvalue weighted by Gasteiger charge is -2.31. The van der Waals surface area contributed by atoms with Gasteiger partial charge in [0.15, 0.2) is 0 Å². The van der Waals surface area contributed by atoms with Crippen LogP contribution in [0.2, 0.25) is 0 Å². The molecule has 5 rings (SSSR count). The first-order valence-electron chi connectivity index (χ1n) is 15.3. The van der Waals surface area contributed by atoms with Crippen LogP contribution in [0, 0.1) is 0 Å². The van der Waals surface area contributed by atoms with Gasteiger partial charge in [0.2, 0.25) is 5.91 Å². The Bertz CT molecular complexity index is 1550. The number of hydrazine groups is 1. The lowest BCUT2D eigenvalue weighted by Crippen LogP contribution is -2.42. The quantitative estimate of drug-likeness (QED) is 0.161. The van der Waals surface area contributed by atoms with Crippen LogP contribution in [0.3, 0.4) is 0 Å². The average molecular weight is 610 g/mol. The molecule has 1 aliphatic rings. The van der Waals surface area contributed by atoms with Crippen LogP contribution in [0.1, 0.15) is 42.4 Å². The summed E-state index contributed by atoms with van der Waals surface area (Å²) in [5.41, 5.74) is 6.78. The van der Waals surface area contributed by atoms with E-state index >= 15 is 0 Å². The van der Waals surface area contributed by atoms with Gasteiger partial charge in [-0.1, -0.05) is 54.6 Å². The Hall–Kier alpha value is -5.00. The number of para-hydroxylation sites is 1. The molecule has 0 radical (unpaired) electrons. The van der Waals surface area contributed by atoms with Crippen LogP contribution in [0.15, 0.2) is 91.3 Å². The van der Waals surface area contributed by atoms with Gasteiger partial charge in [-0.25, -0.2) is 15.2 Å². The monoisotopic (exact) mass is 609 g/mol. The number of ether oxygens (including phenoxy) is 1. The van der Waals surface area contributed by atoms with Crippen LogP contribution in [0.4, 0.5) is 16.2 Å². The van der Waals surface area contributed by atoms with E-state index in [1.54, 1.807) is 36.7 Å². The van der Waals surface area contributed by atoms with E-state index in [-0.39, 0.29) is 17.9 Å². The molecule has 11 nitrogen and oxygen atoms in total. The zero-order valence-electron chi connectivity index (χ0n) is 25.4.